The average molecular weight is 286 g/mol. The summed E-state index contributed by atoms with van der Waals surface area (Å²) >= 11 is 10.9. The third-order valence-corrected chi connectivity index (χ3v) is 0.741. The molecule has 0 aliphatic carbocycles. The SMILES string of the molecule is BrCBr.[3H]SCCC([3H])S. The summed E-state index contributed by atoms with van der Waals surface area (Å²) in [5.41, 5.74) is -0.294. The molecule has 0 nitrogen and oxygen atoms in total. The van der Waals surface area contributed by atoms with Gasteiger partial charge in [0.15, 0.2) is 0 Å². The van der Waals surface area contributed by atoms with Crippen molar-refractivity contribution in [3.63, 3.8) is 0 Å². The van der Waals surface area contributed by atoms with Crippen molar-refractivity contribution in [1.82, 2.24) is 0 Å². The first-order valence-corrected chi connectivity index (χ1v) is 5.33. The minimum absolute atomic E-state index is 0.294. The largest absolute Gasteiger partial charge is 0.179 e. The van der Waals surface area contributed by atoms with Crippen LogP contribution in [0.15, 0.2) is 0 Å². The lowest BCUT2D eigenvalue weighted by Crippen LogP contribution is -1.71. The number of hydrogen-bond acceptors (Lipinski definition) is 2. The Morgan fingerprint density at radius 3 is 2.25 bits per heavy atom. The molecule has 0 aliphatic rings. The predicted molar refractivity (Wildman–Crippen MR) is 55.0 cm³/mol. The third kappa shape index (κ3) is 25.4. The fourth-order valence-electron chi connectivity index (χ4n) is 0.0527. The monoisotopic (exact) mass is 284 g/mol. The lowest BCUT2D eigenvalue weighted by Gasteiger charge is -1.78. The second kappa shape index (κ2) is 15.9. The van der Waals surface area contributed by atoms with Crippen LogP contribution in [-0.4, -0.2) is 16.8 Å². The molecule has 0 bridgehead atoms. The molecule has 0 radical (unpaired) electrons. The lowest BCUT2D eigenvalue weighted by atomic mass is 10.6. The van der Waals surface area contributed by atoms with Gasteiger partial charge in [-0.05, 0) is 17.9 Å². The highest BCUT2D eigenvalue weighted by Gasteiger charge is 1.69. The Morgan fingerprint density at radius 2 is 2.12 bits per heavy atom. The molecular formula is C4H10Br2S2. The molecule has 0 fully saturated rings. The highest BCUT2D eigenvalue weighted by Crippen LogP contribution is 1.83. The summed E-state index contributed by atoms with van der Waals surface area (Å²) in [5, 5.41) is 0. The van der Waals surface area contributed by atoms with Crippen LogP contribution in [0.3, 0.4) is 0 Å². The molecule has 0 N–H and O–H groups in total. The minimum atomic E-state index is -0.294. The van der Waals surface area contributed by atoms with Gasteiger partial charge in [-0.1, -0.05) is 31.9 Å². The summed E-state index contributed by atoms with van der Waals surface area (Å²) in [4.78, 5) is 0. The zero-order valence-corrected chi connectivity index (χ0v) is 9.19. The molecular weight excluding hydrogens is 272 g/mol. The van der Waals surface area contributed by atoms with Crippen LogP contribution in [0.25, 0.3) is 0 Å². The number of thiol groups is 2. The highest BCUT2D eigenvalue weighted by molar-refractivity contribution is 9.24. The Balaban J connectivity index is 0. The molecule has 0 aromatic rings. The van der Waals surface area contributed by atoms with Gasteiger partial charge in [0.25, 0.3) is 0 Å². The number of alkyl halides is 2. The molecule has 52 valence electrons. The molecule has 0 aliphatic heterocycles. The van der Waals surface area contributed by atoms with Crippen molar-refractivity contribution in [2.45, 2.75) is 6.42 Å². The van der Waals surface area contributed by atoms with Gasteiger partial charge in [-0.15, -0.1) is 0 Å². The smallest absolute Gasteiger partial charge is 0.102 e. The highest BCUT2D eigenvalue weighted by atomic mass is 79.9. The molecule has 0 rings (SSSR count). The Bertz CT molecular complexity index is 56.5. The molecule has 0 heterocycles. The van der Waals surface area contributed by atoms with Gasteiger partial charge in [-0.3, -0.25) is 0 Å². The molecule has 1 atom stereocenters. The summed E-state index contributed by atoms with van der Waals surface area (Å²) in [7, 11) is 0. The standard InChI is InChI=1S/C3H8S2.CH2Br2/c4-2-1-3-5;2-1-3/h4-5H,1-3H2;1H2/i2T;/hT. The first-order chi connectivity index (χ1) is 4.68. The second-order valence-electron chi connectivity index (χ2n) is 0.776. The zero-order chi connectivity index (χ0) is 8.41. The fraction of sp³-hybridized carbons (Fsp3) is 1.00. The van der Waals surface area contributed by atoms with E-state index in [0.29, 0.717) is 6.42 Å². The molecule has 0 aromatic heterocycles. The van der Waals surface area contributed by atoms with Gasteiger partial charge in [0.1, 0.15) is 1.12 Å². The van der Waals surface area contributed by atoms with E-state index in [0.717, 1.165) is 22.5 Å². The van der Waals surface area contributed by atoms with E-state index in [9.17, 15) is 0 Å². The van der Waals surface area contributed by atoms with Crippen molar-refractivity contribution in [1.29, 1.82) is 1.12 Å². The van der Waals surface area contributed by atoms with Crippen molar-refractivity contribution < 1.29 is 1.37 Å². The molecule has 1 unspecified atom stereocenters. The number of rotatable bonds is 3. The number of halogens is 2. The summed E-state index contributed by atoms with van der Waals surface area (Å²) < 4.78 is 14.3. The molecule has 4 heteroatoms. The zero-order valence-electron chi connectivity index (χ0n) is 6.31. The van der Waals surface area contributed by atoms with E-state index >= 15 is 0 Å². The van der Waals surface area contributed by atoms with Gasteiger partial charge in [-0.2, -0.15) is 25.2 Å². The van der Waals surface area contributed by atoms with Gasteiger partial charge in [-0.25, -0.2) is 0 Å². The van der Waals surface area contributed by atoms with E-state index in [2.05, 4.69) is 44.5 Å². The van der Waals surface area contributed by atoms with E-state index in [4.69, 9.17) is 2.49 Å². The predicted octanol–water partition coefficient (Wildman–Crippen LogP) is 2.97. The molecule has 0 aromatic carbocycles. The molecule has 8 heavy (non-hydrogen) atoms. The summed E-state index contributed by atoms with van der Waals surface area (Å²) in [5.74, 6) is 0.720. The van der Waals surface area contributed by atoms with Crippen molar-refractivity contribution in [3.8, 4) is 0 Å². The van der Waals surface area contributed by atoms with Gasteiger partial charge in [0, 0.05) is 1.37 Å². The van der Waals surface area contributed by atoms with E-state index in [1.54, 1.807) is 0 Å². The number of hydrogen-bond donors (Lipinski definition) is 2. The van der Waals surface area contributed by atoms with Crippen LogP contribution in [0.4, 0.5) is 0 Å². The van der Waals surface area contributed by atoms with Gasteiger partial charge in [0.05, 0.1) is 4.24 Å². The first kappa shape index (κ1) is 7.76. The summed E-state index contributed by atoms with van der Waals surface area (Å²) in [6.45, 7) is 0. The molecule has 0 spiro atoms. The van der Waals surface area contributed by atoms with E-state index in [1.807, 2.05) is 0 Å². The Morgan fingerprint density at radius 1 is 1.62 bits per heavy atom. The van der Waals surface area contributed by atoms with E-state index < -0.39 is 0 Å². The van der Waals surface area contributed by atoms with Gasteiger partial charge < -0.3 is 0 Å². The van der Waals surface area contributed by atoms with Crippen molar-refractivity contribution in [3.05, 3.63) is 0 Å². The fourth-order valence-corrected chi connectivity index (χ4v) is 0.474. The molecule has 0 saturated carbocycles. The molecule has 0 amide bonds. The van der Waals surface area contributed by atoms with Crippen LogP contribution < -0.4 is 0 Å². The third-order valence-electron chi connectivity index (χ3n) is 0.247. The van der Waals surface area contributed by atoms with Crippen molar-refractivity contribution in [2.24, 2.45) is 0 Å². The van der Waals surface area contributed by atoms with Gasteiger partial charge in [0.2, 0.25) is 0 Å². The Kier molecular flexibility index (Phi) is 15.4. The van der Waals surface area contributed by atoms with E-state index in [1.165, 1.54) is 0 Å². The normalized spacial score (nSPS) is 14.9. The first-order valence-electron chi connectivity index (χ1n) is 2.98. The summed E-state index contributed by atoms with van der Waals surface area (Å²) in [6.07, 6.45) is 0.706. The molecule has 0 saturated heterocycles. The van der Waals surface area contributed by atoms with Crippen LogP contribution in [0, 0.1) is 0 Å². The quantitative estimate of drug-likeness (QED) is 0.578. The average Bonchev–Trinajstić information content (AvgIpc) is 1.85. The van der Waals surface area contributed by atoms with Crippen LogP contribution in [0.2, 0.25) is 0 Å². The van der Waals surface area contributed by atoms with Crippen molar-refractivity contribution >= 4 is 57.0 Å². The maximum Gasteiger partial charge on any atom is 0.102 e. The Labute approximate surface area is 81.4 Å². The Hall–Kier alpha value is 1.66. The van der Waals surface area contributed by atoms with Crippen LogP contribution >= 0.6 is 57.0 Å². The van der Waals surface area contributed by atoms with E-state index in [-0.39, 0.29) is 5.73 Å². The minimum Gasteiger partial charge on any atom is -0.179 e. The van der Waals surface area contributed by atoms with Crippen LogP contribution in [-0.2, 0) is 0 Å². The maximum atomic E-state index is 6.85. The van der Waals surface area contributed by atoms with Crippen molar-refractivity contribution in [2.75, 3.05) is 15.7 Å². The van der Waals surface area contributed by atoms with Crippen LogP contribution in [0.5, 0.6) is 0 Å². The van der Waals surface area contributed by atoms with Gasteiger partial charge >= 0.3 is 0 Å². The topological polar surface area (TPSA) is 0 Å². The summed E-state index contributed by atoms with van der Waals surface area (Å²) in [6, 6.07) is 0. The van der Waals surface area contributed by atoms with Crippen LogP contribution in [0.1, 0.15) is 7.79 Å². The lowest BCUT2D eigenvalue weighted by molar-refractivity contribution is 1.14. The second-order valence-corrected chi connectivity index (χ2v) is 4.18. The maximum absolute atomic E-state index is 6.85.